The Morgan fingerprint density at radius 3 is 2.15 bits per heavy atom. The van der Waals surface area contributed by atoms with Crippen molar-refractivity contribution in [1.29, 1.82) is 0 Å². The summed E-state index contributed by atoms with van der Waals surface area (Å²) in [6.45, 7) is 7.49. The van der Waals surface area contributed by atoms with Gasteiger partial charge in [-0.1, -0.05) is 28.9 Å². The molecule has 3 aliphatic rings. The molecule has 3 fully saturated rings. The Bertz CT molecular complexity index is 1120. The van der Waals surface area contributed by atoms with Gasteiger partial charge in [-0.15, -0.1) is 0 Å². The Kier molecular flexibility index (Phi) is 16.2. The van der Waals surface area contributed by atoms with Crippen LogP contribution in [0.15, 0.2) is 39.9 Å². The molecule has 13 atom stereocenters. The van der Waals surface area contributed by atoms with Crippen LogP contribution >= 0.6 is 0 Å². The molecule has 0 aromatic heterocycles. The summed E-state index contributed by atoms with van der Waals surface area (Å²) < 4.78 is 23.9. The van der Waals surface area contributed by atoms with Crippen LogP contribution in [0, 0.1) is 0 Å². The molecule has 2 saturated heterocycles. The minimum atomic E-state index is -1.50. The zero-order valence-corrected chi connectivity index (χ0v) is 28.9. The highest BCUT2D eigenvalue weighted by molar-refractivity contribution is 5.72. The first-order valence-corrected chi connectivity index (χ1v) is 17.1. The van der Waals surface area contributed by atoms with E-state index in [1.807, 2.05) is 6.08 Å². The number of nitrogens with two attached hydrogens (primary N) is 4. The lowest BCUT2D eigenvalue weighted by Gasteiger charge is -2.48. The molecule has 2 heterocycles. The number of aliphatic imine (C=N–C) groups is 1. The number of allylic oxidation sites excluding steroid dienone is 6. The molecular formula is C34H61N5O9. The summed E-state index contributed by atoms with van der Waals surface area (Å²) in [5.41, 5.74) is 27.6. The third-order valence-electron chi connectivity index (χ3n) is 9.42. The van der Waals surface area contributed by atoms with Gasteiger partial charge >= 0.3 is 0 Å². The van der Waals surface area contributed by atoms with Crippen LogP contribution in [0.3, 0.4) is 0 Å². The van der Waals surface area contributed by atoms with Crippen molar-refractivity contribution in [2.45, 2.75) is 152 Å². The zero-order valence-electron chi connectivity index (χ0n) is 28.9. The summed E-state index contributed by atoms with van der Waals surface area (Å²) in [5, 5.41) is 51.9. The van der Waals surface area contributed by atoms with Gasteiger partial charge in [-0.25, -0.2) is 0 Å². The van der Waals surface area contributed by atoms with E-state index < -0.39 is 92.2 Å². The predicted octanol–water partition coefficient (Wildman–Crippen LogP) is -0.373. The molecule has 13 N–H and O–H groups in total. The molecular weight excluding hydrogens is 622 g/mol. The van der Waals surface area contributed by atoms with Crippen LogP contribution in [-0.2, 0) is 18.9 Å². The molecule has 0 amide bonds. The van der Waals surface area contributed by atoms with Crippen LogP contribution in [0.25, 0.3) is 0 Å². The van der Waals surface area contributed by atoms with Gasteiger partial charge in [-0.2, -0.15) is 0 Å². The normalized spacial score (nSPS) is 39.9. The maximum Gasteiger partial charge on any atom is 0.173 e. The summed E-state index contributed by atoms with van der Waals surface area (Å²) in [5.74, 6) is 0. The van der Waals surface area contributed by atoms with Gasteiger partial charge < -0.3 is 67.4 Å². The van der Waals surface area contributed by atoms with E-state index in [1.54, 1.807) is 6.21 Å². The quantitative estimate of drug-likeness (QED) is 0.0790. The van der Waals surface area contributed by atoms with Gasteiger partial charge in [-0.05, 0) is 72.3 Å². The third-order valence-corrected chi connectivity index (χ3v) is 9.42. The molecule has 1 aliphatic carbocycles. The fourth-order valence-corrected chi connectivity index (χ4v) is 6.34. The first-order chi connectivity index (χ1) is 22.7. The molecule has 0 aromatic carbocycles. The summed E-state index contributed by atoms with van der Waals surface area (Å²) >= 11 is 0. The summed E-state index contributed by atoms with van der Waals surface area (Å²) in [6, 6.07) is -2.11. The Hall–Kier alpha value is -1.63. The molecule has 13 unspecified atom stereocenters. The number of ether oxygens (including phenoxy) is 4. The molecule has 3 rings (SSSR count). The van der Waals surface area contributed by atoms with Gasteiger partial charge in [0.05, 0.1) is 37.4 Å². The van der Waals surface area contributed by atoms with E-state index in [-0.39, 0.29) is 25.8 Å². The number of aliphatic hydroxyl groups excluding tert-OH is 5. The molecule has 276 valence electrons. The van der Waals surface area contributed by atoms with Gasteiger partial charge in [0.2, 0.25) is 0 Å². The average Bonchev–Trinajstić information content (AvgIpc) is 3.02. The molecule has 2 aliphatic heterocycles. The lowest BCUT2D eigenvalue weighted by atomic mass is 9.83. The van der Waals surface area contributed by atoms with Crippen molar-refractivity contribution >= 4 is 6.21 Å². The van der Waals surface area contributed by atoms with Crippen LogP contribution in [0.4, 0.5) is 0 Å². The fourth-order valence-electron chi connectivity index (χ4n) is 6.34. The van der Waals surface area contributed by atoms with Gasteiger partial charge in [0.15, 0.2) is 12.6 Å². The largest absolute Gasteiger partial charge is 0.394 e. The Morgan fingerprint density at radius 2 is 1.50 bits per heavy atom. The summed E-state index contributed by atoms with van der Waals surface area (Å²) in [6.07, 6.45) is 3.05. The van der Waals surface area contributed by atoms with E-state index >= 15 is 0 Å². The topological polar surface area (TPSA) is 255 Å². The fraction of sp³-hybridized carbons (Fsp3) is 0.794. The second-order valence-electron chi connectivity index (χ2n) is 14.0. The van der Waals surface area contributed by atoms with Crippen LogP contribution in [0.1, 0.15) is 72.6 Å². The van der Waals surface area contributed by atoms with Crippen molar-refractivity contribution in [2.24, 2.45) is 27.9 Å². The van der Waals surface area contributed by atoms with Gasteiger partial charge in [0, 0.05) is 24.7 Å². The highest BCUT2D eigenvalue weighted by Crippen LogP contribution is 2.33. The SMILES string of the molecule is CC(C)=CCC/C(C)=C/CC/C(C)=C/C=N/CC1OC(OC2C(N)CC(N)C(OC3CC(N)(CO)C(O)C(CO)O3)C2O)C(N)CC1O. The van der Waals surface area contributed by atoms with Crippen molar-refractivity contribution in [1.82, 2.24) is 0 Å². The second kappa shape index (κ2) is 19.1. The lowest BCUT2D eigenvalue weighted by Crippen LogP contribution is -2.68. The summed E-state index contributed by atoms with van der Waals surface area (Å²) in [7, 11) is 0. The van der Waals surface area contributed by atoms with E-state index in [0.29, 0.717) is 0 Å². The number of nitrogens with zero attached hydrogens (tertiary/aromatic N) is 1. The molecule has 14 nitrogen and oxygen atoms in total. The van der Waals surface area contributed by atoms with E-state index in [9.17, 15) is 25.5 Å². The van der Waals surface area contributed by atoms with Crippen molar-refractivity contribution in [2.75, 3.05) is 19.8 Å². The summed E-state index contributed by atoms with van der Waals surface area (Å²) in [4.78, 5) is 4.45. The van der Waals surface area contributed by atoms with Crippen LogP contribution in [-0.4, -0.2) is 130 Å². The van der Waals surface area contributed by atoms with Crippen molar-refractivity contribution in [3.05, 3.63) is 34.9 Å². The molecule has 0 radical (unpaired) electrons. The highest BCUT2D eigenvalue weighted by atomic mass is 16.7. The van der Waals surface area contributed by atoms with Crippen LogP contribution in [0.2, 0.25) is 0 Å². The lowest BCUT2D eigenvalue weighted by molar-refractivity contribution is -0.301. The Labute approximate surface area is 284 Å². The minimum absolute atomic E-state index is 0.117. The van der Waals surface area contributed by atoms with Crippen molar-refractivity contribution in [3.63, 3.8) is 0 Å². The van der Waals surface area contributed by atoms with Gasteiger partial charge in [0.25, 0.3) is 0 Å². The first kappa shape index (κ1) is 40.8. The van der Waals surface area contributed by atoms with Crippen molar-refractivity contribution < 1.29 is 44.5 Å². The maximum atomic E-state index is 11.3. The predicted molar refractivity (Wildman–Crippen MR) is 183 cm³/mol. The number of hydrogen-bond donors (Lipinski definition) is 9. The minimum Gasteiger partial charge on any atom is -0.394 e. The smallest absolute Gasteiger partial charge is 0.173 e. The molecule has 14 heteroatoms. The molecule has 0 spiro atoms. The van der Waals surface area contributed by atoms with Crippen LogP contribution in [0.5, 0.6) is 0 Å². The number of rotatable bonds is 15. The molecule has 1 saturated carbocycles. The Morgan fingerprint density at radius 1 is 0.854 bits per heavy atom. The van der Waals surface area contributed by atoms with Crippen LogP contribution < -0.4 is 22.9 Å². The molecule has 48 heavy (non-hydrogen) atoms. The van der Waals surface area contributed by atoms with Crippen molar-refractivity contribution in [3.8, 4) is 0 Å². The molecule has 0 aromatic rings. The maximum absolute atomic E-state index is 11.3. The van der Waals surface area contributed by atoms with E-state index in [0.717, 1.165) is 25.7 Å². The van der Waals surface area contributed by atoms with E-state index in [4.69, 9.17) is 41.9 Å². The van der Waals surface area contributed by atoms with E-state index in [2.05, 4.69) is 44.8 Å². The monoisotopic (exact) mass is 683 g/mol. The average molecular weight is 684 g/mol. The standard InChI is InChI=1S/C34H61N5O9/c1-19(2)7-5-8-20(3)9-6-10-21(4)11-12-39-16-26-25(42)14-24(37)33(46-26)48-31-23(36)13-22(35)30(29(31)43)47-28-15-34(38,18-41)32(44)27(17-40)45-28/h7,9,11-12,22-33,40-44H,5-6,8,10,13-18,35-38H2,1-4H3/b20-9+,21-11+,39-12+. The number of aliphatic hydroxyl groups is 5. The second-order valence-corrected chi connectivity index (χ2v) is 14.0. The first-order valence-electron chi connectivity index (χ1n) is 17.1. The third kappa shape index (κ3) is 11.5. The number of hydrogen-bond acceptors (Lipinski definition) is 14. The Balaban J connectivity index is 1.56. The van der Waals surface area contributed by atoms with Gasteiger partial charge in [0.1, 0.15) is 36.6 Å². The van der Waals surface area contributed by atoms with Gasteiger partial charge in [-0.3, -0.25) is 4.99 Å². The zero-order chi connectivity index (χ0) is 35.6. The highest BCUT2D eigenvalue weighted by Gasteiger charge is 2.51. The van der Waals surface area contributed by atoms with E-state index in [1.165, 1.54) is 16.7 Å². The molecule has 0 bridgehead atoms.